The molecule has 0 unspecified atom stereocenters. The minimum absolute atomic E-state index is 0.288. The number of nitrogens with zero attached hydrogens (tertiary/aromatic N) is 3. The molecule has 1 atom stereocenters. The first-order valence-corrected chi connectivity index (χ1v) is 12.1. The van der Waals surface area contributed by atoms with Crippen molar-refractivity contribution < 1.29 is 17.9 Å². The van der Waals surface area contributed by atoms with Gasteiger partial charge in [0, 0.05) is 5.56 Å². The van der Waals surface area contributed by atoms with E-state index in [-0.39, 0.29) is 5.13 Å². The highest BCUT2D eigenvalue weighted by Crippen LogP contribution is 2.29. The Morgan fingerprint density at radius 2 is 1.77 bits per heavy atom. The molecule has 3 aromatic rings. The van der Waals surface area contributed by atoms with Crippen LogP contribution in [0, 0.1) is 13.8 Å². The van der Waals surface area contributed by atoms with Gasteiger partial charge in [-0.2, -0.15) is 0 Å². The minimum atomic E-state index is -3.70. The van der Waals surface area contributed by atoms with E-state index >= 15 is 0 Å². The van der Waals surface area contributed by atoms with Crippen LogP contribution in [-0.4, -0.2) is 43.9 Å². The lowest BCUT2D eigenvalue weighted by atomic mass is 10.1. The van der Waals surface area contributed by atoms with Crippen LogP contribution in [0.2, 0.25) is 0 Å². The first-order chi connectivity index (χ1) is 14.6. The zero-order valence-electron chi connectivity index (χ0n) is 17.9. The lowest BCUT2D eigenvalue weighted by Crippen LogP contribution is -2.45. The van der Waals surface area contributed by atoms with Gasteiger partial charge in [0.15, 0.2) is 0 Å². The molecular formula is C21H24N4O4S2. The molecule has 0 aliphatic heterocycles. The second-order valence-corrected chi connectivity index (χ2v) is 9.97. The summed E-state index contributed by atoms with van der Waals surface area (Å²) >= 11 is 1.20. The van der Waals surface area contributed by atoms with Crippen LogP contribution in [0.5, 0.6) is 5.75 Å². The van der Waals surface area contributed by atoms with Crippen molar-refractivity contribution in [2.75, 3.05) is 23.0 Å². The quantitative estimate of drug-likeness (QED) is 0.578. The van der Waals surface area contributed by atoms with E-state index in [1.807, 2.05) is 44.2 Å². The fourth-order valence-electron chi connectivity index (χ4n) is 3.01. The van der Waals surface area contributed by atoms with E-state index in [0.29, 0.717) is 10.7 Å². The van der Waals surface area contributed by atoms with Crippen molar-refractivity contribution >= 4 is 38.1 Å². The van der Waals surface area contributed by atoms with Gasteiger partial charge < -0.3 is 4.74 Å². The molecule has 0 saturated carbocycles. The highest BCUT2D eigenvalue weighted by Gasteiger charge is 2.30. The fourth-order valence-corrected chi connectivity index (χ4v) is 4.92. The zero-order chi connectivity index (χ0) is 22.8. The van der Waals surface area contributed by atoms with E-state index < -0.39 is 22.0 Å². The summed E-state index contributed by atoms with van der Waals surface area (Å²) in [4.78, 5) is 12.9. The Hall–Kier alpha value is -2.98. The van der Waals surface area contributed by atoms with Crippen LogP contribution < -0.4 is 14.4 Å². The third-order valence-corrected chi connectivity index (χ3v) is 6.95. The summed E-state index contributed by atoms with van der Waals surface area (Å²) in [6, 6.07) is 11.6. The van der Waals surface area contributed by atoms with Crippen LogP contribution in [-0.2, 0) is 14.8 Å². The van der Waals surface area contributed by atoms with Gasteiger partial charge in [-0.1, -0.05) is 17.4 Å². The molecule has 164 valence electrons. The number of carbonyl (C=O) groups excluding carboxylic acids is 1. The molecule has 8 nitrogen and oxygen atoms in total. The number of hydrogen-bond donors (Lipinski definition) is 1. The van der Waals surface area contributed by atoms with E-state index in [1.165, 1.54) is 18.3 Å². The fraction of sp³-hybridized carbons (Fsp3) is 0.286. The van der Waals surface area contributed by atoms with Crippen LogP contribution in [0.15, 0.2) is 42.5 Å². The Balaban J connectivity index is 1.81. The van der Waals surface area contributed by atoms with Gasteiger partial charge in [0.1, 0.15) is 16.8 Å². The lowest BCUT2D eigenvalue weighted by molar-refractivity contribution is -0.116. The second-order valence-electron chi connectivity index (χ2n) is 7.13. The molecule has 2 aromatic carbocycles. The van der Waals surface area contributed by atoms with Crippen molar-refractivity contribution in [3.63, 3.8) is 0 Å². The Morgan fingerprint density at radius 1 is 1.10 bits per heavy atom. The number of ether oxygens (including phenoxy) is 1. The molecule has 0 bridgehead atoms. The van der Waals surface area contributed by atoms with Gasteiger partial charge in [-0.3, -0.25) is 14.4 Å². The van der Waals surface area contributed by atoms with Crippen LogP contribution in [0.25, 0.3) is 10.6 Å². The van der Waals surface area contributed by atoms with Crippen LogP contribution >= 0.6 is 11.3 Å². The van der Waals surface area contributed by atoms with Crippen LogP contribution in [0.1, 0.15) is 18.1 Å². The topological polar surface area (TPSA) is 101 Å². The monoisotopic (exact) mass is 460 g/mol. The van der Waals surface area contributed by atoms with Crippen molar-refractivity contribution in [3.05, 3.63) is 53.6 Å². The SMILES string of the molecule is COc1ccc(-c2nnc(NC(=O)[C@H](C)N(c3ccc(C)c(C)c3)S(C)(=O)=O)s2)cc1. The summed E-state index contributed by atoms with van der Waals surface area (Å²) in [6.07, 6.45) is 1.08. The predicted molar refractivity (Wildman–Crippen MR) is 123 cm³/mol. The van der Waals surface area contributed by atoms with Gasteiger partial charge in [-0.15, -0.1) is 10.2 Å². The third kappa shape index (κ3) is 5.20. The summed E-state index contributed by atoms with van der Waals surface area (Å²) < 4.78 is 31.2. The van der Waals surface area contributed by atoms with Crippen molar-refractivity contribution in [1.82, 2.24) is 10.2 Å². The van der Waals surface area contributed by atoms with Gasteiger partial charge >= 0.3 is 0 Å². The predicted octanol–water partition coefficient (Wildman–Crippen LogP) is 3.62. The number of methoxy groups -OCH3 is 1. The number of aryl methyl sites for hydroxylation is 2. The van der Waals surface area contributed by atoms with Crippen molar-refractivity contribution in [1.29, 1.82) is 0 Å². The number of amides is 1. The summed E-state index contributed by atoms with van der Waals surface area (Å²) in [5.74, 6) is 0.226. The average molecular weight is 461 g/mol. The summed E-state index contributed by atoms with van der Waals surface area (Å²) in [6.45, 7) is 5.37. The van der Waals surface area contributed by atoms with E-state index in [9.17, 15) is 13.2 Å². The molecule has 31 heavy (non-hydrogen) atoms. The van der Waals surface area contributed by atoms with Crippen molar-refractivity contribution in [2.24, 2.45) is 0 Å². The number of aromatic nitrogens is 2. The number of rotatable bonds is 7. The Labute approximate surface area is 185 Å². The summed E-state index contributed by atoms with van der Waals surface area (Å²) in [7, 11) is -2.11. The maximum Gasteiger partial charge on any atom is 0.249 e. The van der Waals surface area contributed by atoms with Gasteiger partial charge in [0.05, 0.1) is 19.1 Å². The number of hydrogen-bond acceptors (Lipinski definition) is 7. The summed E-state index contributed by atoms with van der Waals surface area (Å²) in [5.41, 5.74) is 3.24. The van der Waals surface area contributed by atoms with Crippen LogP contribution in [0.3, 0.4) is 0 Å². The average Bonchev–Trinajstić information content (AvgIpc) is 3.18. The van der Waals surface area contributed by atoms with E-state index in [1.54, 1.807) is 19.2 Å². The first-order valence-electron chi connectivity index (χ1n) is 9.45. The third-order valence-electron chi connectivity index (χ3n) is 4.83. The van der Waals surface area contributed by atoms with Gasteiger partial charge in [-0.25, -0.2) is 8.42 Å². The normalized spacial score (nSPS) is 12.3. The molecule has 0 spiro atoms. The smallest absolute Gasteiger partial charge is 0.249 e. The molecule has 1 aromatic heterocycles. The minimum Gasteiger partial charge on any atom is -0.497 e. The maximum absolute atomic E-state index is 12.9. The first kappa shape index (κ1) is 22.7. The highest BCUT2D eigenvalue weighted by molar-refractivity contribution is 7.92. The number of nitrogens with one attached hydrogen (secondary N) is 1. The molecular weight excluding hydrogens is 436 g/mol. The number of sulfonamides is 1. The molecule has 3 rings (SSSR count). The highest BCUT2D eigenvalue weighted by atomic mass is 32.2. The van der Waals surface area contributed by atoms with Crippen molar-refractivity contribution in [2.45, 2.75) is 26.8 Å². The van der Waals surface area contributed by atoms with E-state index in [4.69, 9.17) is 4.74 Å². The number of carbonyl (C=O) groups is 1. The van der Waals surface area contributed by atoms with Gasteiger partial charge in [-0.05, 0) is 68.3 Å². The molecule has 10 heteroatoms. The molecule has 0 saturated heterocycles. The molecule has 1 N–H and O–H groups in total. The van der Waals surface area contributed by atoms with Crippen LogP contribution in [0.4, 0.5) is 10.8 Å². The van der Waals surface area contributed by atoms with E-state index in [0.717, 1.165) is 33.0 Å². The molecule has 0 radical (unpaired) electrons. The lowest BCUT2D eigenvalue weighted by Gasteiger charge is -2.28. The number of benzene rings is 2. The van der Waals surface area contributed by atoms with Gasteiger partial charge in [0.25, 0.3) is 0 Å². The zero-order valence-corrected chi connectivity index (χ0v) is 19.5. The van der Waals surface area contributed by atoms with E-state index in [2.05, 4.69) is 15.5 Å². The van der Waals surface area contributed by atoms with Crippen molar-refractivity contribution in [3.8, 4) is 16.3 Å². The maximum atomic E-state index is 12.9. The molecule has 1 amide bonds. The largest absolute Gasteiger partial charge is 0.497 e. The Bertz CT molecular complexity index is 1190. The molecule has 0 aliphatic rings. The number of anilines is 2. The molecule has 0 fully saturated rings. The molecule has 1 heterocycles. The molecule has 0 aliphatic carbocycles. The Kier molecular flexibility index (Phi) is 6.61. The second kappa shape index (κ2) is 9.03. The Morgan fingerprint density at radius 3 is 2.35 bits per heavy atom. The summed E-state index contributed by atoms with van der Waals surface area (Å²) in [5, 5.41) is 11.7. The standard InChI is InChI=1S/C21H24N4O4S2/c1-13-6-9-17(12-14(13)2)25(31(5,27)28)15(3)19(26)22-21-24-23-20(30-21)16-7-10-18(29-4)11-8-16/h6-12,15H,1-5H3,(H,22,24,26)/t15-/m0/s1. The van der Waals surface area contributed by atoms with Gasteiger partial charge in [0.2, 0.25) is 21.1 Å².